The number of benzene rings is 3. The molecule has 0 saturated heterocycles. The van der Waals surface area contributed by atoms with Crippen LogP contribution in [0.3, 0.4) is 0 Å². The summed E-state index contributed by atoms with van der Waals surface area (Å²) in [6.45, 7) is 4.64. The summed E-state index contributed by atoms with van der Waals surface area (Å²) in [5, 5.41) is 3.12. The number of carbonyl (C=O) groups is 1. The summed E-state index contributed by atoms with van der Waals surface area (Å²) in [6, 6.07) is 25.8. The lowest BCUT2D eigenvalue weighted by Crippen LogP contribution is -2.29. The van der Waals surface area contributed by atoms with Crippen LogP contribution in [0.4, 0.5) is 0 Å². The second-order valence-corrected chi connectivity index (χ2v) is 7.04. The predicted molar refractivity (Wildman–Crippen MR) is 112 cm³/mol. The van der Waals surface area contributed by atoms with Gasteiger partial charge in [-0.25, -0.2) is 4.98 Å². The van der Waals surface area contributed by atoms with Gasteiger partial charge in [0.05, 0.1) is 17.1 Å². The zero-order valence-corrected chi connectivity index (χ0v) is 16.1. The first-order valence-electron chi connectivity index (χ1n) is 9.49. The molecule has 140 valence electrons. The average molecular weight is 369 g/mol. The van der Waals surface area contributed by atoms with Crippen molar-refractivity contribution in [1.82, 2.24) is 14.9 Å². The summed E-state index contributed by atoms with van der Waals surface area (Å²) in [7, 11) is 0. The van der Waals surface area contributed by atoms with Gasteiger partial charge in [0.2, 0.25) is 0 Å². The SMILES string of the molecule is Cc1ccccc1C(=O)NC(C)c1nc2ccccc2n1Cc1ccccc1. The number of nitrogens with zero attached hydrogens (tertiary/aromatic N) is 2. The Morgan fingerprint density at radius 1 is 0.964 bits per heavy atom. The van der Waals surface area contributed by atoms with E-state index in [-0.39, 0.29) is 11.9 Å². The van der Waals surface area contributed by atoms with Crippen molar-refractivity contribution in [3.8, 4) is 0 Å². The monoisotopic (exact) mass is 369 g/mol. The minimum atomic E-state index is -0.219. The third-order valence-electron chi connectivity index (χ3n) is 4.99. The van der Waals surface area contributed by atoms with E-state index in [4.69, 9.17) is 4.98 Å². The van der Waals surface area contributed by atoms with Crippen molar-refractivity contribution >= 4 is 16.9 Å². The smallest absolute Gasteiger partial charge is 0.252 e. The molecule has 0 radical (unpaired) electrons. The normalized spacial score (nSPS) is 12.1. The fraction of sp³-hybridized carbons (Fsp3) is 0.167. The molecule has 1 atom stereocenters. The van der Waals surface area contributed by atoms with Gasteiger partial charge in [-0.05, 0) is 43.2 Å². The van der Waals surface area contributed by atoms with Gasteiger partial charge in [-0.1, -0.05) is 60.7 Å². The van der Waals surface area contributed by atoms with E-state index in [2.05, 4.69) is 28.1 Å². The van der Waals surface area contributed by atoms with Gasteiger partial charge in [0.1, 0.15) is 5.82 Å². The number of nitrogens with one attached hydrogen (secondary N) is 1. The Labute approximate surface area is 164 Å². The molecule has 0 fully saturated rings. The Kier molecular flexibility index (Phi) is 4.94. The fourth-order valence-corrected chi connectivity index (χ4v) is 3.52. The molecule has 4 rings (SSSR count). The maximum atomic E-state index is 12.8. The van der Waals surface area contributed by atoms with E-state index >= 15 is 0 Å². The summed E-state index contributed by atoms with van der Waals surface area (Å²) in [5.41, 5.74) is 4.86. The molecule has 0 saturated carbocycles. The van der Waals surface area contributed by atoms with Gasteiger partial charge in [-0.2, -0.15) is 0 Å². The molecule has 1 amide bonds. The first kappa shape index (κ1) is 18.0. The average Bonchev–Trinajstić information content (AvgIpc) is 3.08. The fourth-order valence-electron chi connectivity index (χ4n) is 3.52. The molecular weight excluding hydrogens is 346 g/mol. The minimum absolute atomic E-state index is 0.0797. The predicted octanol–water partition coefficient (Wildman–Crippen LogP) is 4.88. The molecule has 0 bridgehead atoms. The van der Waals surface area contributed by atoms with Crippen LogP contribution in [0.2, 0.25) is 0 Å². The summed E-state index contributed by atoms with van der Waals surface area (Å²) in [6.07, 6.45) is 0. The number of rotatable bonds is 5. The van der Waals surface area contributed by atoms with Crippen molar-refractivity contribution in [2.24, 2.45) is 0 Å². The zero-order chi connectivity index (χ0) is 19.5. The third kappa shape index (κ3) is 3.54. The zero-order valence-electron chi connectivity index (χ0n) is 16.1. The molecule has 0 spiro atoms. The van der Waals surface area contributed by atoms with Crippen LogP contribution >= 0.6 is 0 Å². The number of fused-ring (bicyclic) bond motifs is 1. The Morgan fingerprint density at radius 3 is 2.43 bits per heavy atom. The molecule has 1 unspecified atom stereocenters. The van der Waals surface area contributed by atoms with Crippen LogP contribution in [0.5, 0.6) is 0 Å². The van der Waals surface area contributed by atoms with Crippen molar-refractivity contribution in [2.45, 2.75) is 26.4 Å². The number of amides is 1. The Morgan fingerprint density at radius 2 is 1.64 bits per heavy atom. The van der Waals surface area contributed by atoms with Gasteiger partial charge in [0.25, 0.3) is 5.91 Å². The first-order valence-corrected chi connectivity index (χ1v) is 9.49. The van der Waals surface area contributed by atoms with Gasteiger partial charge in [-0.15, -0.1) is 0 Å². The van der Waals surface area contributed by atoms with Crippen LogP contribution in [-0.4, -0.2) is 15.5 Å². The Bertz CT molecular complexity index is 1120. The molecule has 28 heavy (non-hydrogen) atoms. The molecule has 0 aliphatic carbocycles. The van der Waals surface area contributed by atoms with Crippen LogP contribution in [0.25, 0.3) is 11.0 Å². The number of imidazole rings is 1. The second-order valence-electron chi connectivity index (χ2n) is 7.04. The van der Waals surface area contributed by atoms with Crippen molar-refractivity contribution < 1.29 is 4.79 Å². The van der Waals surface area contributed by atoms with Gasteiger partial charge in [0, 0.05) is 12.1 Å². The van der Waals surface area contributed by atoms with Gasteiger partial charge in [0.15, 0.2) is 0 Å². The van der Waals surface area contributed by atoms with Crippen LogP contribution in [0, 0.1) is 6.92 Å². The second kappa shape index (κ2) is 7.69. The summed E-state index contributed by atoms with van der Waals surface area (Å²) in [4.78, 5) is 17.6. The number of carbonyl (C=O) groups excluding carboxylic acids is 1. The van der Waals surface area contributed by atoms with Crippen molar-refractivity contribution in [1.29, 1.82) is 0 Å². The van der Waals surface area contributed by atoms with E-state index in [9.17, 15) is 4.79 Å². The number of aryl methyl sites for hydroxylation is 1. The van der Waals surface area contributed by atoms with E-state index in [1.165, 1.54) is 5.56 Å². The number of hydrogen-bond donors (Lipinski definition) is 1. The molecule has 4 nitrogen and oxygen atoms in total. The lowest BCUT2D eigenvalue weighted by molar-refractivity contribution is 0.0937. The van der Waals surface area contributed by atoms with Gasteiger partial charge in [-0.3, -0.25) is 4.79 Å². The standard InChI is InChI=1S/C24H23N3O/c1-17-10-6-7-13-20(17)24(28)25-18(2)23-26-21-14-8-9-15-22(21)27(23)16-19-11-4-3-5-12-19/h3-15,18H,16H2,1-2H3,(H,25,28). The first-order chi connectivity index (χ1) is 13.6. The van der Waals surface area contributed by atoms with E-state index in [1.54, 1.807) is 0 Å². The summed E-state index contributed by atoms with van der Waals surface area (Å²) in [5.74, 6) is 0.774. The third-order valence-corrected chi connectivity index (χ3v) is 4.99. The van der Waals surface area contributed by atoms with Crippen LogP contribution in [0.15, 0.2) is 78.9 Å². The molecule has 0 aliphatic rings. The molecule has 1 aromatic heterocycles. The number of para-hydroxylation sites is 2. The molecule has 3 aromatic carbocycles. The van der Waals surface area contributed by atoms with E-state index < -0.39 is 0 Å². The maximum Gasteiger partial charge on any atom is 0.252 e. The topological polar surface area (TPSA) is 46.9 Å². The van der Waals surface area contributed by atoms with Gasteiger partial charge < -0.3 is 9.88 Å². The molecule has 4 heteroatoms. The van der Waals surface area contributed by atoms with Crippen molar-refractivity contribution in [2.75, 3.05) is 0 Å². The van der Waals surface area contributed by atoms with Gasteiger partial charge >= 0.3 is 0 Å². The minimum Gasteiger partial charge on any atom is -0.342 e. The quantitative estimate of drug-likeness (QED) is 0.545. The molecular formula is C24H23N3O. The number of aromatic nitrogens is 2. The molecule has 1 heterocycles. The van der Waals surface area contributed by atoms with Crippen molar-refractivity contribution in [3.63, 3.8) is 0 Å². The van der Waals surface area contributed by atoms with E-state index in [0.717, 1.165) is 22.4 Å². The highest BCUT2D eigenvalue weighted by Gasteiger charge is 2.19. The molecule has 0 aliphatic heterocycles. The summed E-state index contributed by atoms with van der Waals surface area (Å²) < 4.78 is 2.19. The molecule has 4 aromatic rings. The Hall–Kier alpha value is -3.40. The largest absolute Gasteiger partial charge is 0.342 e. The highest BCUT2D eigenvalue weighted by Crippen LogP contribution is 2.23. The van der Waals surface area contributed by atoms with Crippen LogP contribution < -0.4 is 5.32 Å². The lowest BCUT2D eigenvalue weighted by Gasteiger charge is -2.17. The molecule has 1 N–H and O–H groups in total. The lowest BCUT2D eigenvalue weighted by atomic mass is 10.1. The van der Waals surface area contributed by atoms with E-state index in [0.29, 0.717) is 12.1 Å². The highest BCUT2D eigenvalue weighted by atomic mass is 16.1. The van der Waals surface area contributed by atoms with Crippen molar-refractivity contribution in [3.05, 3.63) is 101 Å². The number of hydrogen-bond acceptors (Lipinski definition) is 2. The van der Waals surface area contributed by atoms with Crippen LogP contribution in [-0.2, 0) is 6.54 Å². The maximum absolute atomic E-state index is 12.8. The highest BCUT2D eigenvalue weighted by molar-refractivity contribution is 5.95. The Balaban J connectivity index is 1.68. The summed E-state index contributed by atoms with van der Waals surface area (Å²) >= 11 is 0. The van der Waals surface area contributed by atoms with Crippen LogP contribution in [0.1, 0.15) is 40.3 Å². The van der Waals surface area contributed by atoms with E-state index in [1.807, 2.05) is 74.5 Å².